The summed E-state index contributed by atoms with van der Waals surface area (Å²) in [6.45, 7) is 5.22. The van der Waals surface area contributed by atoms with Crippen LogP contribution in [0.15, 0.2) is 24.3 Å². The lowest BCUT2D eigenvalue weighted by atomic mass is 10.1. The summed E-state index contributed by atoms with van der Waals surface area (Å²) in [5.41, 5.74) is 3.02. The molecule has 0 fully saturated rings. The van der Waals surface area contributed by atoms with Crippen LogP contribution in [-0.4, -0.2) is 32.2 Å². The molecule has 6 nitrogen and oxygen atoms in total. The Kier molecular flexibility index (Phi) is 4.69. The first-order valence-electron chi connectivity index (χ1n) is 8.02. The Labute approximate surface area is 148 Å². The van der Waals surface area contributed by atoms with Crippen LogP contribution in [0, 0.1) is 32.4 Å². The van der Waals surface area contributed by atoms with Crippen LogP contribution in [0.5, 0.6) is 0 Å². The molecule has 2 heterocycles. The highest BCUT2D eigenvalue weighted by molar-refractivity contribution is 6.01. The van der Waals surface area contributed by atoms with E-state index in [4.69, 9.17) is 0 Å². The van der Waals surface area contributed by atoms with E-state index in [0.29, 0.717) is 16.9 Å². The number of aliphatic hydroxyl groups is 1. The maximum atomic E-state index is 13.3. The lowest BCUT2D eigenvalue weighted by molar-refractivity contribution is 0.0917. The van der Waals surface area contributed by atoms with E-state index < -0.39 is 23.6 Å². The molecule has 1 atom stereocenters. The van der Waals surface area contributed by atoms with E-state index in [0.717, 1.165) is 23.5 Å². The molecule has 3 rings (SSSR count). The van der Waals surface area contributed by atoms with Crippen molar-refractivity contribution in [2.75, 3.05) is 6.54 Å². The Balaban J connectivity index is 1.81. The highest BCUT2D eigenvalue weighted by atomic mass is 19.2. The molecule has 0 unspecified atom stereocenters. The molecular weight excluding hydrogens is 342 g/mol. The molecule has 2 N–H and O–H groups in total. The molecule has 0 aliphatic rings. The number of fused-ring (bicyclic) bond motifs is 1. The molecule has 0 saturated carbocycles. The van der Waals surface area contributed by atoms with Crippen LogP contribution in [0.2, 0.25) is 0 Å². The fourth-order valence-electron chi connectivity index (χ4n) is 2.81. The first kappa shape index (κ1) is 17.9. The second-order valence-corrected chi connectivity index (χ2v) is 6.13. The first-order chi connectivity index (χ1) is 12.3. The molecule has 0 saturated heterocycles. The Morgan fingerprint density at radius 1 is 1.23 bits per heavy atom. The number of aryl methyl sites for hydroxylation is 3. The molecule has 1 aromatic carbocycles. The molecular formula is C18H18F2N4O2. The van der Waals surface area contributed by atoms with Crippen molar-refractivity contribution in [2.45, 2.75) is 26.9 Å². The van der Waals surface area contributed by atoms with Gasteiger partial charge in [0.2, 0.25) is 0 Å². The van der Waals surface area contributed by atoms with Crippen LogP contribution in [0.4, 0.5) is 8.78 Å². The summed E-state index contributed by atoms with van der Waals surface area (Å²) in [7, 11) is 0. The Bertz CT molecular complexity index is 1000. The van der Waals surface area contributed by atoms with Crippen LogP contribution < -0.4 is 5.32 Å². The smallest absolute Gasteiger partial charge is 0.257 e. The van der Waals surface area contributed by atoms with Crippen molar-refractivity contribution in [3.8, 4) is 0 Å². The number of rotatable bonds is 4. The Morgan fingerprint density at radius 3 is 2.65 bits per heavy atom. The lowest BCUT2D eigenvalue weighted by Gasteiger charge is -2.12. The number of nitrogens with zero attached hydrogens (tertiary/aromatic N) is 3. The summed E-state index contributed by atoms with van der Waals surface area (Å²) in [5, 5.41) is 17.0. The molecule has 2 aromatic heterocycles. The zero-order valence-corrected chi connectivity index (χ0v) is 14.5. The van der Waals surface area contributed by atoms with Gasteiger partial charge < -0.3 is 10.4 Å². The normalized spacial score (nSPS) is 12.4. The minimum absolute atomic E-state index is 0.161. The predicted octanol–water partition coefficient (Wildman–Crippen LogP) is 2.40. The van der Waals surface area contributed by atoms with Crippen molar-refractivity contribution in [3.63, 3.8) is 0 Å². The highest BCUT2D eigenvalue weighted by Gasteiger charge is 2.21. The monoisotopic (exact) mass is 360 g/mol. The molecule has 8 heteroatoms. The summed E-state index contributed by atoms with van der Waals surface area (Å²) in [6.07, 6.45) is -1.17. The van der Waals surface area contributed by atoms with Gasteiger partial charge in [-0.3, -0.25) is 4.79 Å². The summed E-state index contributed by atoms with van der Waals surface area (Å²) < 4.78 is 27.8. The van der Waals surface area contributed by atoms with E-state index in [1.54, 1.807) is 11.4 Å². The van der Waals surface area contributed by atoms with Crippen LogP contribution in [0.3, 0.4) is 0 Å². The highest BCUT2D eigenvalue weighted by Crippen LogP contribution is 2.18. The van der Waals surface area contributed by atoms with Crippen LogP contribution in [-0.2, 0) is 0 Å². The fraction of sp³-hybridized carbons (Fsp3) is 0.278. The third-order valence-corrected chi connectivity index (χ3v) is 4.08. The zero-order valence-electron chi connectivity index (χ0n) is 14.5. The summed E-state index contributed by atoms with van der Waals surface area (Å²) in [5.74, 6) is -2.50. The number of carbonyl (C=O) groups is 1. The van der Waals surface area contributed by atoms with Gasteiger partial charge in [0.25, 0.3) is 5.91 Å². The lowest BCUT2D eigenvalue weighted by Crippen LogP contribution is -2.29. The van der Waals surface area contributed by atoms with E-state index >= 15 is 0 Å². The predicted molar refractivity (Wildman–Crippen MR) is 90.8 cm³/mol. The van der Waals surface area contributed by atoms with E-state index in [1.807, 2.05) is 19.9 Å². The van der Waals surface area contributed by atoms with Crippen LogP contribution in [0.1, 0.15) is 39.1 Å². The molecule has 26 heavy (non-hydrogen) atoms. The number of benzene rings is 1. The van der Waals surface area contributed by atoms with E-state index in [1.165, 1.54) is 6.07 Å². The third-order valence-electron chi connectivity index (χ3n) is 4.08. The van der Waals surface area contributed by atoms with Crippen molar-refractivity contribution in [1.82, 2.24) is 19.9 Å². The number of nitrogens with one attached hydrogen (secondary N) is 1. The van der Waals surface area contributed by atoms with Gasteiger partial charge in [-0.15, -0.1) is 0 Å². The standard InChI is InChI=1S/C18H18F2N4O2/c1-9-6-10(2)24-17(22-9)16(11(3)23-24)18(26)21-8-15(25)12-4-5-13(19)14(20)7-12/h4-7,15,25H,8H2,1-3H3,(H,21,26)/t15-/m0/s1. The number of aliphatic hydroxyl groups excluding tert-OH is 1. The number of carbonyl (C=O) groups excluding carboxylic acids is 1. The van der Waals surface area contributed by atoms with Crippen molar-refractivity contribution >= 4 is 11.6 Å². The topological polar surface area (TPSA) is 79.5 Å². The number of hydrogen-bond donors (Lipinski definition) is 2. The largest absolute Gasteiger partial charge is 0.387 e. The average Bonchev–Trinajstić information content (AvgIpc) is 2.91. The van der Waals surface area contributed by atoms with Gasteiger partial charge in [-0.2, -0.15) is 5.10 Å². The number of hydrogen-bond acceptors (Lipinski definition) is 4. The molecule has 136 valence electrons. The molecule has 0 aliphatic carbocycles. The average molecular weight is 360 g/mol. The number of halogens is 2. The van der Waals surface area contributed by atoms with Gasteiger partial charge in [-0.1, -0.05) is 6.07 Å². The van der Waals surface area contributed by atoms with Gasteiger partial charge in [0.05, 0.1) is 11.8 Å². The van der Waals surface area contributed by atoms with Crippen LogP contribution in [0.25, 0.3) is 5.65 Å². The van der Waals surface area contributed by atoms with E-state index in [2.05, 4.69) is 15.4 Å². The summed E-state index contributed by atoms with van der Waals surface area (Å²) in [6, 6.07) is 4.96. The second-order valence-electron chi connectivity index (χ2n) is 6.13. The molecule has 0 spiro atoms. The third kappa shape index (κ3) is 3.28. The van der Waals surface area contributed by atoms with Gasteiger partial charge in [0, 0.05) is 17.9 Å². The summed E-state index contributed by atoms with van der Waals surface area (Å²) in [4.78, 5) is 16.9. The minimum atomic E-state index is -1.17. The van der Waals surface area contributed by atoms with Crippen molar-refractivity contribution in [2.24, 2.45) is 0 Å². The van der Waals surface area contributed by atoms with Gasteiger partial charge in [0.15, 0.2) is 17.3 Å². The van der Waals surface area contributed by atoms with Gasteiger partial charge >= 0.3 is 0 Å². The molecule has 0 aliphatic heterocycles. The molecule has 0 radical (unpaired) electrons. The molecule has 3 aromatic rings. The van der Waals surface area contributed by atoms with Gasteiger partial charge in [-0.25, -0.2) is 18.3 Å². The van der Waals surface area contributed by atoms with Crippen molar-refractivity contribution in [3.05, 3.63) is 64.1 Å². The SMILES string of the molecule is Cc1cc(C)n2nc(C)c(C(=O)NC[C@H](O)c3ccc(F)c(F)c3)c2n1. The maximum Gasteiger partial charge on any atom is 0.257 e. The van der Waals surface area contributed by atoms with Gasteiger partial charge in [-0.05, 0) is 44.5 Å². The quantitative estimate of drug-likeness (QED) is 0.749. The Morgan fingerprint density at radius 2 is 1.96 bits per heavy atom. The molecule has 0 bridgehead atoms. The Hall–Kier alpha value is -2.87. The summed E-state index contributed by atoms with van der Waals surface area (Å²) >= 11 is 0. The van der Waals surface area contributed by atoms with E-state index in [9.17, 15) is 18.7 Å². The molecule has 1 amide bonds. The second kappa shape index (κ2) is 6.80. The fourth-order valence-corrected chi connectivity index (χ4v) is 2.81. The number of amides is 1. The van der Waals surface area contributed by atoms with Gasteiger partial charge in [0.1, 0.15) is 5.56 Å². The van der Waals surface area contributed by atoms with Crippen molar-refractivity contribution in [1.29, 1.82) is 0 Å². The number of aromatic nitrogens is 3. The zero-order chi connectivity index (χ0) is 19.0. The first-order valence-corrected chi connectivity index (χ1v) is 8.02. The maximum absolute atomic E-state index is 13.3. The van der Waals surface area contributed by atoms with E-state index in [-0.39, 0.29) is 12.1 Å². The minimum Gasteiger partial charge on any atom is -0.387 e. The van der Waals surface area contributed by atoms with Crippen molar-refractivity contribution < 1.29 is 18.7 Å². The van der Waals surface area contributed by atoms with Crippen LogP contribution >= 0.6 is 0 Å².